The molecular formula is C13H15F2NO. The van der Waals surface area contributed by atoms with Crippen molar-refractivity contribution in [3.8, 4) is 0 Å². The number of aryl methyl sites for hydroxylation is 1. The minimum atomic E-state index is -0.667. The van der Waals surface area contributed by atoms with Crippen LogP contribution >= 0.6 is 0 Å². The first kappa shape index (κ1) is 13.4. The molecule has 0 N–H and O–H groups in total. The fraction of sp³-hybridized carbons (Fsp3) is 0.308. The van der Waals surface area contributed by atoms with Crippen molar-refractivity contribution in [3.63, 3.8) is 0 Å². The van der Waals surface area contributed by atoms with Gasteiger partial charge >= 0.3 is 0 Å². The molecule has 0 aliphatic carbocycles. The third kappa shape index (κ3) is 3.12. The molecule has 0 atom stereocenters. The van der Waals surface area contributed by atoms with Crippen molar-refractivity contribution in [1.82, 2.24) is 4.90 Å². The van der Waals surface area contributed by atoms with Gasteiger partial charge in [-0.25, -0.2) is 8.78 Å². The largest absolute Gasteiger partial charge is 0.381 e. The summed E-state index contributed by atoms with van der Waals surface area (Å²) in [6.45, 7) is 3.15. The number of hydrogen-bond donors (Lipinski definition) is 0. The second-order valence-electron chi connectivity index (χ2n) is 4.13. The third-order valence-electron chi connectivity index (χ3n) is 2.53. The molecule has 0 saturated carbocycles. The van der Waals surface area contributed by atoms with Gasteiger partial charge in [-0.2, -0.15) is 0 Å². The smallest absolute Gasteiger partial charge is 0.190 e. The minimum absolute atomic E-state index is 0.129. The maximum atomic E-state index is 13.7. The van der Waals surface area contributed by atoms with Gasteiger partial charge in [-0.3, -0.25) is 4.79 Å². The van der Waals surface area contributed by atoms with Gasteiger partial charge in [-0.1, -0.05) is 0 Å². The van der Waals surface area contributed by atoms with Crippen LogP contribution in [0.1, 0.15) is 22.8 Å². The molecule has 0 unspecified atom stereocenters. The Bertz CT molecular complexity index is 479. The van der Waals surface area contributed by atoms with E-state index >= 15 is 0 Å². The van der Waals surface area contributed by atoms with Crippen molar-refractivity contribution in [2.24, 2.45) is 0 Å². The van der Waals surface area contributed by atoms with E-state index in [0.717, 1.165) is 12.1 Å². The lowest BCUT2D eigenvalue weighted by Crippen LogP contribution is -2.11. The Kier molecular flexibility index (Phi) is 3.99. The molecule has 4 heteroatoms. The van der Waals surface area contributed by atoms with E-state index in [2.05, 4.69) is 0 Å². The summed E-state index contributed by atoms with van der Waals surface area (Å²) in [5.74, 6) is -1.81. The lowest BCUT2D eigenvalue weighted by atomic mass is 10.1. The third-order valence-corrected chi connectivity index (χ3v) is 2.53. The van der Waals surface area contributed by atoms with Gasteiger partial charge in [-0.15, -0.1) is 0 Å². The van der Waals surface area contributed by atoms with Crippen LogP contribution in [0, 0.1) is 18.6 Å². The maximum Gasteiger partial charge on any atom is 0.190 e. The molecule has 1 rings (SSSR count). The Morgan fingerprint density at radius 2 is 1.88 bits per heavy atom. The Morgan fingerprint density at radius 3 is 2.41 bits per heavy atom. The molecule has 17 heavy (non-hydrogen) atoms. The fourth-order valence-corrected chi connectivity index (χ4v) is 1.30. The van der Waals surface area contributed by atoms with E-state index in [9.17, 15) is 13.6 Å². The summed E-state index contributed by atoms with van der Waals surface area (Å²) >= 11 is 0. The first-order chi connectivity index (χ1) is 7.82. The van der Waals surface area contributed by atoms with E-state index in [-0.39, 0.29) is 11.1 Å². The number of carbonyl (C=O) groups excluding carboxylic acids is 1. The zero-order valence-electron chi connectivity index (χ0n) is 10.3. The highest BCUT2D eigenvalue weighted by molar-refractivity contribution is 6.05. The number of nitrogens with zero attached hydrogens (tertiary/aromatic N) is 1. The summed E-state index contributed by atoms with van der Waals surface area (Å²) < 4.78 is 26.8. The Morgan fingerprint density at radius 1 is 1.29 bits per heavy atom. The molecule has 0 aromatic heterocycles. The van der Waals surface area contributed by atoms with Crippen LogP contribution in [0.3, 0.4) is 0 Å². The molecule has 92 valence electrons. The van der Waals surface area contributed by atoms with Gasteiger partial charge in [0.1, 0.15) is 11.6 Å². The number of carbonyl (C=O) groups is 1. The molecule has 0 aliphatic rings. The lowest BCUT2D eigenvalue weighted by molar-refractivity contribution is 0.104. The van der Waals surface area contributed by atoms with Crippen molar-refractivity contribution in [2.45, 2.75) is 13.8 Å². The second-order valence-corrected chi connectivity index (χ2v) is 4.13. The van der Waals surface area contributed by atoms with Crippen LogP contribution in [0.5, 0.6) is 0 Å². The van der Waals surface area contributed by atoms with Crippen molar-refractivity contribution in [2.75, 3.05) is 14.1 Å². The standard InChI is InChI=1S/C13H15F2NO/c1-8-5-10(14)7-11(13(8)15)12(17)6-9(2)16(3)4/h5-7H,1-4H3/b9-6-. The van der Waals surface area contributed by atoms with Gasteiger partial charge in [0.05, 0.1) is 5.56 Å². The van der Waals surface area contributed by atoms with Crippen molar-refractivity contribution in [3.05, 3.63) is 46.7 Å². The minimum Gasteiger partial charge on any atom is -0.381 e. The van der Waals surface area contributed by atoms with Gasteiger partial charge in [0.25, 0.3) is 0 Å². The molecule has 0 amide bonds. The summed E-state index contributed by atoms with van der Waals surface area (Å²) in [7, 11) is 3.54. The molecule has 0 spiro atoms. The number of hydrogen-bond acceptors (Lipinski definition) is 2. The number of benzene rings is 1. The summed E-state index contributed by atoms with van der Waals surface area (Å²) in [6.07, 6.45) is 1.29. The molecular weight excluding hydrogens is 224 g/mol. The van der Waals surface area contributed by atoms with Crippen molar-refractivity contribution >= 4 is 5.78 Å². The maximum absolute atomic E-state index is 13.7. The second kappa shape index (κ2) is 5.08. The summed E-state index contributed by atoms with van der Waals surface area (Å²) in [6, 6.07) is 1.98. The molecule has 1 aromatic carbocycles. The van der Waals surface area contributed by atoms with E-state index in [1.54, 1.807) is 25.9 Å². The predicted molar refractivity (Wildman–Crippen MR) is 62.9 cm³/mol. The van der Waals surface area contributed by atoms with Gasteiger partial charge in [-0.05, 0) is 31.5 Å². The summed E-state index contributed by atoms with van der Waals surface area (Å²) in [4.78, 5) is 13.5. The Hall–Kier alpha value is -1.71. The van der Waals surface area contributed by atoms with Gasteiger partial charge in [0.15, 0.2) is 5.78 Å². The molecule has 0 aliphatic heterocycles. The number of rotatable bonds is 3. The van der Waals surface area contributed by atoms with E-state index in [4.69, 9.17) is 0 Å². The van der Waals surface area contributed by atoms with Crippen LogP contribution in [0.15, 0.2) is 23.9 Å². The van der Waals surface area contributed by atoms with Crippen LogP contribution in [0.25, 0.3) is 0 Å². The highest BCUT2D eigenvalue weighted by Gasteiger charge is 2.14. The van der Waals surface area contributed by atoms with Gasteiger partial charge in [0.2, 0.25) is 0 Å². The zero-order chi connectivity index (χ0) is 13.2. The lowest BCUT2D eigenvalue weighted by Gasteiger charge is -2.12. The topological polar surface area (TPSA) is 20.3 Å². The molecule has 0 fully saturated rings. The van der Waals surface area contributed by atoms with Crippen LogP contribution in [0.2, 0.25) is 0 Å². The van der Waals surface area contributed by atoms with E-state index in [0.29, 0.717) is 5.70 Å². The Balaban J connectivity index is 3.18. The molecule has 0 bridgehead atoms. The highest BCUT2D eigenvalue weighted by atomic mass is 19.1. The first-order valence-electron chi connectivity index (χ1n) is 5.18. The van der Waals surface area contributed by atoms with Crippen molar-refractivity contribution < 1.29 is 13.6 Å². The zero-order valence-corrected chi connectivity index (χ0v) is 10.3. The van der Waals surface area contributed by atoms with E-state index < -0.39 is 17.4 Å². The van der Waals surface area contributed by atoms with Gasteiger partial charge < -0.3 is 4.90 Å². The van der Waals surface area contributed by atoms with E-state index in [1.165, 1.54) is 13.0 Å². The molecule has 0 radical (unpaired) electrons. The highest BCUT2D eigenvalue weighted by Crippen LogP contribution is 2.16. The SMILES string of the molecule is C/C(=C/C(=O)c1cc(F)cc(C)c1F)N(C)C. The number of allylic oxidation sites excluding steroid dienone is 2. The van der Waals surface area contributed by atoms with E-state index in [1.807, 2.05) is 0 Å². The molecule has 0 heterocycles. The summed E-state index contributed by atoms with van der Waals surface area (Å²) in [5, 5.41) is 0. The number of halogens is 2. The van der Waals surface area contributed by atoms with Crippen LogP contribution in [0.4, 0.5) is 8.78 Å². The monoisotopic (exact) mass is 239 g/mol. The van der Waals surface area contributed by atoms with Crippen LogP contribution < -0.4 is 0 Å². The average molecular weight is 239 g/mol. The molecule has 2 nitrogen and oxygen atoms in total. The first-order valence-corrected chi connectivity index (χ1v) is 5.18. The van der Waals surface area contributed by atoms with Crippen LogP contribution in [-0.2, 0) is 0 Å². The van der Waals surface area contributed by atoms with Crippen LogP contribution in [-0.4, -0.2) is 24.8 Å². The predicted octanol–water partition coefficient (Wildman–Crippen LogP) is 2.92. The molecule has 1 aromatic rings. The Labute approximate surface area is 99.5 Å². The summed E-state index contributed by atoms with van der Waals surface area (Å²) in [5.41, 5.74) is 0.573. The number of ketones is 1. The molecule has 0 saturated heterocycles. The fourth-order valence-electron chi connectivity index (χ4n) is 1.30. The normalized spacial score (nSPS) is 11.5. The average Bonchev–Trinajstić information content (AvgIpc) is 2.22. The quantitative estimate of drug-likeness (QED) is 0.597. The van der Waals surface area contributed by atoms with Gasteiger partial charge in [0, 0.05) is 25.9 Å². The van der Waals surface area contributed by atoms with Crippen molar-refractivity contribution in [1.29, 1.82) is 0 Å².